The highest BCUT2D eigenvalue weighted by molar-refractivity contribution is 7.93. The lowest BCUT2D eigenvalue weighted by Crippen LogP contribution is -2.14. The third-order valence-corrected chi connectivity index (χ3v) is 5.94. The Morgan fingerprint density at radius 3 is 2.18 bits per heavy atom. The van der Waals surface area contributed by atoms with Crippen LogP contribution in [0.5, 0.6) is 0 Å². The van der Waals surface area contributed by atoms with Crippen LogP contribution in [-0.2, 0) is 19.9 Å². The number of nitrogens with one attached hydrogen (secondary N) is 1. The standard InChI is InChI=1S/C14H14ClNO4S2/c1-10-13(15)7-4-8-14(10)16-22(19,20)12-6-3-5-11(9-12)21(2,17)18/h3-9,16H,1-2H3. The van der Waals surface area contributed by atoms with Crippen molar-refractivity contribution >= 4 is 37.1 Å². The van der Waals surface area contributed by atoms with E-state index in [1.54, 1.807) is 25.1 Å². The van der Waals surface area contributed by atoms with E-state index in [-0.39, 0.29) is 9.79 Å². The highest BCUT2D eigenvalue weighted by Gasteiger charge is 2.18. The second kappa shape index (κ2) is 5.91. The minimum Gasteiger partial charge on any atom is -0.279 e. The first-order valence-electron chi connectivity index (χ1n) is 6.19. The van der Waals surface area contributed by atoms with E-state index in [0.717, 1.165) is 12.3 Å². The zero-order chi connectivity index (χ0) is 16.5. The summed E-state index contributed by atoms with van der Waals surface area (Å²) in [5.41, 5.74) is 0.935. The maximum absolute atomic E-state index is 12.4. The maximum atomic E-state index is 12.4. The SMILES string of the molecule is Cc1c(Cl)cccc1NS(=O)(=O)c1cccc(S(C)(=O)=O)c1. The van der Waals surface area contributed by atoms with E-state index in [9.17, 15) is 16.8 Å². The summed E-state index contributed by atoms with van der Waals surface area (Å²) >= 11 is 5.96. The summed E-state index contributed by atoms with van der Waals surface area (Å²) in [5.74, 6) is 0. The predicted molar refractivity (Wildman–Crippen MR) is 86.5 cm³/mol. The summed E-state index contributed by atoms with van der Waals surface area (Å²) in [7, 11) is -7.40. The van der Waals surface area contributed by atoms with E-state index >= 15 is 0 Å². The van der Waals surface area contributed by atoms with Gasteiger partial charge in [0.2, 0.25) is 0 Å². The summed E-state index contributed by atoms with van der Waals surface area (Å²) in [5, 5.41) is 0.435. The maximum Gasteiger partial charge on any atom is 0.261 e. The molecule has 0 spiro atoms. The fourth-order valence-electron chi connectivity index (χ4n) is 1.79. The highest BCUT2D eigenvalue weighted by atomic mass is 35.5. The monoisotopic (exact) mass is 359 g/mol. The predicted octanol–water partition coefficient (Wildman–Crippen LogP) is 2.85. The van der Waals surface area contributed by atoms with E-state index in [0.29, 0.717) is 16.3 Å². The van der Waals surface area contributed by atoms with Gasteiger partial charge in [0, 0.05) is 11.3 Å². The van der Waals surface area contributed by atoms with Gasteiger partial charge in [-0.25, -0.2) is 16.8 Å². The Bertz CT molecular complexity index is 922. The van der Waals surface area contributed by atoms with Crippen LogP contribution in [0.3, 0.4) is 0 Å². The van der Waals surface area contributed by atoms with Crippen molar-refractivity contribution in [3.63, 3.8) is 0 Å². The van der Waals surface area contributed by atoms with E-state index in [4.69, 9.17) is 11.6 Å². The quantitative estimate of drug-likeness (QED) is 0.910. The summed E-state index contributed by atoms with van der Waals surface area (Å²) in [6.45, 7) is 1.69. The van der Waals surface area contributed by atoms with Gasteiger partial charge in [-0.15, -0.1) is 0 Å². The van der Waals surface area contributed by atoms with Crippen LogP contribution < -0.4 is 4.72 Å². The molecule has 0 aliphatic heterocycles. The van der Waals surface area contributed by atoms with Crippen molar-refractivity contribution in [3.8, 4) is 0 Å². The molecule has 0 saturated carbocycles. The summed E-state index contributed by atoms with van der Waals surface area (Å²) < 4.78 is 50.3. The number of sulfonamides is 1. The van der Waals surface area contributed by atoms with Crippen LogP contribution in [0.4, 0.5) is 5.69 Å². The summed E-state index contributed by atoms with van der Waals surface area (Å²) in [6, 6.07) is 10.0. The molecule has 0 heterocycles. The minimum absolute atomic E-state index is 0.0572. The fraction of sp³-hybridized carbons (Fsp3) is 0.143. The van der Waals surface area contributed by atoms with Gasteiger partial charge in [-0.1, -0.05) is 23.7 Å². The van der Waals surface area contributed by atoms with E-state index in [1.807, 2.05) is 0 Å². The lowest BCUT2D eigenvalue weighted by atomic mass is 10.2. The summed E-state index contributed by atoms with van der Waals surface area (Å²) in [6.07, 6.45) is 1.02. The van der Waals surface area contributed by atoms with Gasteiger partial charge in [0.05, 0.1) is 15.5 Å². The van der Waals surface area contributed by atoms with Gasteiger partial charge in [0.1, 0.15) is 0 Å². The fourth-order valence-corrected chi connectivity index (χ4v) is 3.88. The van der Waals surface area contributed by atoms with Crippen LogP contribution >= 0.6 is 11.6 Å². The van der Waals surface area contributed by atoms with E-state index in [1.165, 1.54) is 18.2 Å². The average Bonchev–Trinajstić information content (AvgIpc) is 2.43. The Hall–Kier alpha value is -1.57. The lowest BCUT2D eigenvalue weighted by Gasteiger charge is -2.12. The van der Waals surface area contributed by atoms with Gasteiger partial charge in [-0.3, -0.25) is 4.72 Å². The molecule has 5 nitrogen and oxygen atoms in total. The third-order valence-electron chi connectivity index (χ3n) is 3.06. The van der Waals surface area contributed by atoms with Crippen LogP contribution in [0.1, 0.15) is 5.56 Å². The molecule has 0 aliphatic carbocycles. The van der Waals surface area contributed by atoms with Gasteiger partial charge in [-0.2, -0.15) is 0 Å². The van der Waals surface area contributed by atoms with Gasteiger partial charge >= 0.3 is 0 Å². The number of halogens is 1. The van der Waals surface area contributed by atoms with Crippen molar-refractivity contribution < 1.29 is 16.8 Å². The molecule has 8 heteroatoms. The molecule has 22 heavy (non-hydrogen) atoms. The Morgan fingerprint density at radius 1 is 0.955 bits per heavy atom. The van der Waals surface area contributed by atoms with Gasteiger partial charge in [-0.05, 0) is 42.8 Å². The lowest BCUT2D eigenvalue weighted by molar-refractivity contribution is 0.599. The van der Waals surface area contributed by atoms with Gasteiger partial charge in [0.25, 0.3) is 10.0 Å². The van der Waals surface area contributed by atoms with Crippen LogP contribution in [0.15, 0.2) is 52.3 Å². The van der Waals surface area contributed by atoms with Crippen molar-refractivity contribution in [2.75, 3.05) is 11.0 Å². The normalized spacial score (nSPS) is 12.1. The molecule has 0 aliphatic rings. The molecule has 0 saturated heterocycles. The molecule has 0 aromatic heterocycles. The molecule has 0 unspecified atom stereocenters. The summed E-state index contributed by atoms with van der Waals surface area (Å²) in [4.78, 5) is -0.187. The van der Waals surface area contributed by atoms with Gasteiger partial charge < -0.3 is 0 Å². The number of rotatable bonds is 4. The number of benzene rings is 2. The molecular weight excluding hydrogens is 346 g/mol. The van der Waals surface area contributed by atoms with Crippen LogP contribution in [0.2, 0.25) is 5.02 Å². The van der Waals surface area contributed by atoms with E-state index in [2.05, 4.69) is 4.72 Å². The molecule has 0 radical (unpaired) electrons. The number of hydrogen-bond donors (Lipinski definition) is 1. The zero-order valence-electron chi connectivity index (χ0n) is 11.9. The highest BCUT2D eigenvalue weighted by Crippen LogP contribution is 2.26. The van der Waals surface area contributed by atoms with Crippen molar-refractivity contribution in [1.82, 2.24) is 0 Å². The largest absolute Gasteiger partial charge is 0.279 e. The second-order valence-electron chi connectivity index (χ2n) is 4.76. The first-order chi connectivity index (χ1) is 10.1. The minimum atomic E-state index is -3.91. The first-order valence-corrected chi connectivity index (χ1v) is 9.94. The van der Waals surface area contributed by atoms with Crippen molar-refractivity contribution in [2.24, 2.45) is 0 Å². The third kappa shape index (κ3) is 3.60. The average molecular weight is 360 g/mol. The molecule has 118 valence electrons. The number of anilines is 1. The molecule has 0 bridgehead atoms. The molecule has 0 fully saturated rings. The van der Waals surface area contributed by atoms with E-state index < -0.39 is 19.9 Å². The van der Waals surface area contributed by atoms with Crippen molar-refractivity contribution in [3.05, 3.63) is 53.1 Å². The molecule has 0 amide bonds. The van der Waals surface area contributed by atoms with Crippen molar-refractivity contribution in [1.29, 1.82) is 0 Å². The Morgan fingerprint density at radius 2 is 1.55 bits per heavy atom. The number of hydrogen-bond acceptors (Lipinski definition) is 4. The Balaban J connectivity index is 2.46. The van der Waals surface area contributed by atoms with Crippen molar-refractivity contribution in [2.45, 2.75) is 16.7 Å². The topological polar surface area (TPSA) is 80.3 Å². The molecule has 1 N–H and O–H groups in total. The smallest absolute Gasteiger partial charge is 0.261 e. The zero-order valence-corrected chi connectivity index (χ0v) is 14.3. The van der Waals surface area contributed by atoms with Gasteiger partial charge in [0.15, 0.2) is 9.84 Å². The molecule has 0 atom stereocenters. The number of sulfone groups is 1. The molecule has 2 aromatic rings. The Kier molecular flexibility index (Phi) is 4.51. The molecule has 2 rings (SSSR count). The van der Waals surface area contributed by atoms with Crippen LogP contribution in [-0.4, -0.2) is 23.1 Å². The van der Waals surface area contributed by atoms with Crippen LogP contribution in [0, 0.1) is 6.92 Å². The first kappa shape index (κ1) is 16.8. The molecular formula is C14H14ClNO4S2. The van der Waals surface area contributed by atoms with Crippen LogP contribution in [0.25, 0.3) is 0 Å². The second-order valence-corrected chi connectivity index (χ2v) is 8.87. The molecule has 2 aromatic carbocycles. The Labute approximate surface area is 134 Å².